The van der Waals surface area contributed by atoms with Crippen LogP contribution >= 0.6 is 0 Å². The fraction of sp³-hybridized carbons (Fsp3) is 0.538. The van der Waals surface area contributed by atoms with E-state index >= 15 is 0 Å². The molecule has 2 fully saturated rings. The van der Waals surface area contributed by atoms with Gasteiger partial charge in [-0.2, -0.15) is 0 Å². The van der Waals surface area contributed by atoms with E-state index in [1.807, 2.05) is 0 Å². The van der Waals surface area contributed by atoms with Crippen molar-refractivity contribution in [3.63, 3.8) is 0 Å². The summed E-state index contributed by atoms with van der Waals surface area (Å²) >= 11 is 0. The van der Waals surface area contributed by atoms with E-state index in [2.05, 4.69) is 10.3 Å². The van der Waals surface area contributed by atoms with Gasteiger partial charge in [0.15, 0.2) is 0 Å². The van der Waals surface area contributed by atoms with Crippen LogP contribution in [0.1, 0.15) is 25.7 Å². The first-order valence-corrected chi connectivity index (χ1v) is 6.55. The van der Waals surface area contributed by atoms with Crippen LogP contribution < -0.4 is 5.32 Å². The number of nitrogens with zero attached hydrogens (tertiary/aromatic N) is 2. The number of amides is 1. The van der Waals surface area contributed by atoms with Crippen LogP contribution in [0.5, 0.6) is 0 Å². The molecule has 6 heteroatoms. The largest absolute Gasteiger partial charge is 0.310 e. The predicted molar refractivity (Wildman–Crippen MR) is 68.5 cm³/mol. The molecule has 1 heterocycles. The Kier molecular flexibility index (Phi) is 2.93. The number of nitrogens with one attached hydrogen (secondary N) is 1. The van der Waals surface area contributed by atoms with Crippen LogP contribution in [-0.4, -0.2) is 15.8 Å². The van der Waals surface area contributed by atoms with Gasteiger partial charge in [-0.15, -0.1) is 0 Å². The molecule has 2 bridgehead atoms. The molecule has 19 heavy (non-hydrogen) atoms. The van der Waals surface area contributed by atoms with Gasteiger partial charge in [0.1, 0.15) is 12.0 Å². The Hall–Kier alpha value is -1.98. The normalized spacial score (nSPS) is 28.3. The highest BCUT2D eigenvalue weighted by molar-refractivity contribution is 5.92. The number of aromatic nitrogens is 1. The van der Waals surface area contributed by atoms with Crippen molar-refractivity contribution >= 4 is 17.4 Å². The Bertz CT molecular complexity index is 514. The predicted octanol–water partition coefficient (Wildman–Crippen LogP) is 2.36. The Morgan fingerprint density at radius 2 is 2.21 bits per heavy atom. The van der Waals surface area contributed by atoms with Gasteiger partial charge in [-0.25, -0.2) is 4.98 Å². The molecule has 6 nitrogen and oxygen atoms in total. The number of carbonyl (C=O) groups is 1. The van der Waals surface area contributed by atoms with Crippen LogP contribution in [0.4, 0.5) is 11.5 Å². The minimum atomic E-state index is -0.505. The Morgan fingerprint density at radius 3 is 2.74 bits per heavy atom. The number of fused-ring (bicyclic) bond motifs is 2. The molecule has 1 amide bonds. The van der Waals surface area contributed by atoms with E-state index in [1.165, 1.54) is 25.0 Å². The van der Waals surface area contributed by atoms with E-state index < -0.39 is 4.92 Å². The summed E-state index contributed by atoms with van der Waals surface area (Å²) in [5.74, 6) is 1.72. The number of pyridine rings is 1. The lowest BCUT2D eigenvalue weighted by molar-refractivity contribution is -0.385. The van der Waals surface area contributed by atoms with Crippen LogP contribution in [0.25, 0.3) is 0 Å². The molecule has 1 N–H and O–H groups in total. The molecule has 0 radical (unpaired) electrons. The summed E-state index contributed by atoms with van der Waals surface area (Å²) < 4.78 is 0. The number of nitro groups is 1. The number of hydrogen-bond acceptors (Lipinski definition) is 4. The van der Waals surface area contributed by atoms with Gasteiger partial charge in [0.2, 0.25) is 5.91 Å². The van der Waals surface area contributed by atoms with Crippen molar-refractivity contribution in [1.82, 2.24) is 4.98 Å². The number of carbonyl (C=O) groups excluding carboxylic acids is 1. The number of hydrogen-bond donors (Lipinski definition) is 1. The van der Waals surface area contributed by atoms with Gasteiger partial charge in [0.05, 0.1) is 4.92 Å². The van der Waals surface area contributed by atoms with E-state index in [1.54, 1.807) is 0 Å². The molecule has 0 aromatic carbocycles. The third-order valence-corrected chi connectivity index (χ3v) is 4.28. The van der Waals surface area contributed by atoms with Gasteiger partial charge in [0, 0.05) is 12.0 Å². The minimum Gasteiger partial charge on any atom is -0.310 e. The highest BCUT2D eigenvalue weighted by atomic mass is 16.6. The fourth-order valence-corrected chi connectivity index (χ4v) is 3.35. The molecule has 1 aromatic rings. The van der Waals surface area contributed by atoms with Crippen LogP contribution in [0.15, 0.2) is 18.3 Å². The Labute approximate surface area is 110 Å². The minimum absolute atomic E-state index is 0.00792. The van der Waals surface area contributed by atoms with E-state index in [0.29, 0.717) is 17.7 Å². The zero-order chi connectivity index (χ0) is 13.4. The van der Waals surface area contributed by atoms with Crippen molar-refractivity contribution in [2.45, 2.75) is 25.7 Å². The third-order valence-electron chi connectivity index (χ3n) is 4.28. The van der Waals surface area contributed by atoms with Gasteiger partial charge in [-0.05, 0) is 37.2 Å². The van der Waals surface area contributed by atoms with Crippen molar-refractivity contribution < 1.29 is 9.72 Å². The molecule has 3 atom stereocenters. The summed E-state index contributed by atoms with van der Waals surface area (Å²) in [7, 11) is 0. The lowest BCUT2D eigenvalue weighted by atomic mass is 9.88. The second-order valence-corrected chi connectivity index (χ2v) is 5.43. The molecular weight excluding hydrogens is 246 g/mol. The van der Waals surface area contributed by atoms with Crippen molar-refractivity contribution in [1.29, 1.82) is 0 Å². The van der Waals surface area contributed by atoms with Crippen LogP contribution in [0.2, 0.25) is 0 Å². The molecule has 2 aliphatic rings. The van der Waals surface area contributed by atoms with Crippen molar-refractivity contribution in [3.05, 3.63) is 28.4 Å². The first kappa shape index (κ1) is 12.1. The van der Waals surface area contributed by atoms with Crippen LogP contribution in [-0.2, 0) is 4.79 Å². The second kappa shape index (κ2) is 4.60. The maximum absolute atomic E-state index is 12.1. The topological polar surface area (TPSA) is 85.1 Å². The third kappa shape index (κ3) is 2.30. The molecule has 2 aliphatic carbocycles. The van der Waals surface area contributed by atoms with Crippen molar-refractivity contribution in [2.75, 3.05) is 5.32 Å². The molecule has 3 rings (SSSR count). The summed E-state index contributed by atoms with van der Waals surface area (Å²) in [6, 6.07) is 2.83. The lowest BCUT2D eigenvalue weighted by Gasteiger charge is -2.20. The molecule has 0 spiro atoms. The van der Waals surface area contributed by atoms with Gasteiger partial charge in [-0.1, -0.05) is 6.42 Å². The molecule has 100 valence electrons. The SMILES string of the molecule is O=C(Nc1ccc([N+](=O)[O-])cn1)[C@@H]1C[C@@H]2CC[C@@H]1C2. The zero-order valence-corrected chi connectivity index (χ0v) is 10.4. The molecule has 0 aliphatic heterocycles. The van der Waals surface area contributed by atoms with Crippen molar-refractivity contribution in [2.24, 2.45) is 17.8 Å². The summed E-state index contributed by atoms with van der Waals surface area (Å²) in [6.07, 6.45) is 5.71. The Morgan fingerprint density at radius 1 is 1.37 bits per heavy atom. The van der Waals surface area contributed by atoms with E-state index in [0.717, 1.165) is 19.0 Å². The highest BCUT2D eigenvalue weighted by Crippen LogP contribution is 2.48. The fourth-order valence-electron chi connectivity index (χ4n) is 3.35. The van der Waals surface area contributed by atoms with E-state index in [-0.39, 0.29) is 17.5 Å². The molecule has 0 saturated heterocycles. The lowest BCUT2D eigenvalue weighted by Crippen LogP contribution is -2.27. The summed E-state index contributed by atoms with van der Waals surface area (Å²) in [6.45, 7) is 0. The monoisotopic (exact) mass is 261 g/mol. The number of rotatable bonds is 3. The van der Waals surface area contributed by atoms with E-state index in [9.17, 15) is 14.9 Å². The first-order valence-electron chi connectivity index (χ1n) is 6.55. The molecule has 1 aromatic heterocycles. The average molecular weight is 261 g/mol. The standard InChI is InChI=1S/C13H15N3O3/c17-13(11-6-8-1-2-9(11)5-8)15-12-4-3-10(7-14-12)16(18)19/h3-4,7-9,11H,1-2,5-6H2,(H,14,15,17)/t8-,9-,11-/m1/s1. The Balaban J connectivity index is 1.64. The summed E-state index contributed by atoms with van der Waals surface area (Å²) in [5, 5.41) is 13.3. The smallest absolute Gasteiger partial charge is 0.287 e. The van der Waals surface area contributed by atoms with Gasteiger partial charge in [-0.3, -0.25) is 14.9 Å². The second-order valence-electron chi connectivity index (χ2n) is 5.43. The first-order chi connectivity index (χ1) is 9.13. The van der Waals surface area contributed by atoms with Gasteiger partial charge in [0.25, 0.3) is 5.69 Å². The maximum atomic E-state index is 12.1. The van der Waals surface area contributed by atoms with Gasteiger partial charge >= 0.3 is 0 Å². The zero-order valence-electron chi connectivity index (χ0n) is 10.4. The van der Waals surface area contributed by atoms with Crippen LogP contribution in [0, 0.1) is 27.9 Å². The quantitative estimate of drug-likeness (QED) is 0.668. The molecule has 0 unspecified atom stereocenters. The van der Waals surface area contributed by atoms with Crippen molar-refractivity contribution in [3.8, 4) is 0 Å². The molecule has 2 saturated carbocycles. The maximum Gasteiger partial charge on any atom is 0.287 e. The molecular formula is C13H15N3O3. The number of anilines is 1. The van der Waals surface area contributed by atoms with E-state index in [4.69, 9.17) is 0 Å². The summed E-state index contributed by atoms with van der Waals surface area (Å²) in [5.41, 5.74) is -0.0714. The summed E-state index contributed by atoms with van der Waals surface area (Å²) in [4.78, 5) is 26.0. The highest BCUT2D eigenvalue weighted by Gasteiger charge is 2.43. The average Bonchev–Trinajstić information content (AvgIpc) is 3.01. The van der Waals surface area contributed by atoms with Gasteiger partial charge < -0.3 is 5.32 Å². The van der Waals surface area contributed by atoms with Crippen LogP contribution in [0.3, 0.4) is 0 Å².